The quantitative estimate of drug-likeness (QED) is 0.584. The molecule has 1 unspecified atom stereocenters. The van der Waals surface area contributed by atoms with Crippen molar-refractivity contribution in [2.45, 2.75) is 18.1 Å². The Kier molecular flexibility index (Phi) is 4.14. The average Bonchev–Trinajstić information content (AvgIpc) is 3.32. The van der Waals surface area contributed by atoms with Gasteiger partial charge in [0.1, 0.15) is 31.0 Å². The van der Waals surface area contributed by atoms with E-state index >= 15 is 0 Å². The number of alkyl halides is 3. The van der Waals surface area contributed by atoms with E-state index in [9.17, 15) is 18.0 Å². The van der Waals surface area contributed by atoms with E-state index in [1.165, 1.54) is 17.2 Å². The number of aromatic nitrogens is 1. The van der Waals surface area contributed by atoms with Gasteiger partial charge in [-0.3, -0.25) is 9.78 Å². The minimum absolute atomic E-state index is 0.0167. The number of hydrogen-bond acceptors (Lipinski definition) is 5. The zero-order chi connectivity index (χ0) is 22.8. The highest BCUT2D eigenvalue weighted by Gasteiger charge is 2.59. The van der Waals surface area contributed by atoms with Crippen LogP contribution in [0.5, 0.6) is 17.2 Å². The second-order valence-corrected chi connectivity index (χ2v) is 8.06. The summed E-state index contributed by atoms with van der Waals surface area (Å²) in [6, 6.07) is 12.7. The van der Waals surface area contributed by atoms with Crippen molar-refractivity contribution in [2.75, 3.05) is 24.7 Å². The first-order valence-corrected chi connectivity index (χ1v) is 10.4. The number of amides is 1. The molecule has 3 aliphatic heterocycles. The molecule has 2 aromatic carbocycles. The number of pyridine rings is 1. The Morgan fingerprint density at radius 2 is 1.76 bits per heavy atom. The highest BCUT2D eigenvalue weighted by atomic mass is 19.4. The number of halogens is 3. The number of rotatable bonds is 2. The van der Waals surface area contributed by atoms with Gasteiger partial charge in [-0.1, -0.05) is 18.2 Å². The first-order chi connectivity index (χ1) is 15.9. The molecule has 4 heterocycles. The number of fused-ring (bicyclic) bond motifs is 6. The Bertz CT molecular complexity index is 1290. The van der Waals surface area contributed by atoms with E-state index in [2.05, 4.69) is 4.98 Å². The minimum Gasteiger partial charge on any atom is -0.491 e. The number of hydrogen-bond donors (Lipinski definition) is 0. The van der Waals surface area contributed by atoms with E-state index in [-0.39, 0.29) is 24.8 Å². The molecule has 1 atom stereocenters. The van der Waals surface area contributed by atoms with E-state index in [1.54, 1.807) is 36.4 Å². The Hall–Kier alpha value is -3.75. The lowest BCUT2D eigenvalue weighted by Gasteiger charge is -2.27. The Morgan fingerprint density at radius 1 is 0.970 bits per heavy atom. The fraction of sp³-hybridized carbons (Fsp3) is 0.250. The number of anilines is 1. The Labute approximate surface area is 186 Å². The molecular formula is C24H17F3N2O4. The van der Waals surface area contributed by atoms with Gasteiger partial charge in [0.25, 0.3) is 0 Å². The normalized spacial score (nSPS) is 20.6. The molecule has 0 fully saturated rings. The predicted octanol–water partition coefficient (Wildman–Crippen LogP) is 4.10. The molecule has 1 amide bonds. The molecule has 1 spiro atoms. The van der Waals surface area contributed by atoms with Gasteiger partial charge in [0.15, 0.2) is 11.5 Å². The molecule has 6 nitrogen and oxygen atoms in total. The van der Waals surface area contributed by atoms with E-state index in [0.717, 1.165) is 6.07 Å². The highest BCUT2D eigenvalue weighted by molar-refractivity contribution is 6.12. The number of benzene rings is 2. The van der Waals surface area contributed by atoms with E-state index in [1.807, 2.05) is 0 Å². The Morgan fingerprint density at radius 3 is 2.61 bits per heavy atom. The number of nitrogens with zero attached hydrogens (tertiary/aromatic N) is 2. The van der Waals surface area contributed by atoms with Gasteiger partial charge < -0.3 is 19.1 Å². The maximum Gasteiger partial charge on any atom is 0.418 e. The molecule has 0 saturated carbocycles. The third-order valence-corrected chi connectivity index (χ3v) is 6.31. The minimum atomic E-state index is -4.59. The summed E-state index contributed by atoms with van der Waals surface area (Å²) in [5.74, 6) is 1.06. The summed E-state index contributed by atoms with van der Waals surface area (Å²) in [5.41, 5.74) is -0.609. The van der Waals surface area contributed by atoms with Crippen LogP contribution in [0.1, 0.15) is 22.4 Å². The van der Waals surface area contributed by atoms with Crippen LogP contribution in [0.4, 0.5) is 18.9 Å². The van der Waals surface area contributed by atoms with Crippen molar-refractivity contribution in [1.29, 1.82) is 0 Å². The molecule has 33 heavy (non-hydrogen) atoms. The number of carbonyl (C=O) groups is 1. The van der Waals surface area contributed by atoms with Gasteiger partial charge >= 0.3 is 6.18 Å². The van der Waals surface area contributed by atoms with Gasteiger partial charge in [0.05, 0.1) is 23.4 Å². The summed E-state index contributed by atoms with van der Waals surface area (Å²) < 4.78 is 58.3. The molecule has 0 bridgehead atoms. The van der Waals surface area contributed by atoms with Crippen LogP contribution in [0, 0.1) is 0 Å². The molecule has 3 aromatic rings. The second-order valence-electron chi connectivity index (χ2n) is 8.06. The monoisotopic (exact) mass is 454 g/mol. The third-order valence-electron chi connectivity index (χ3n) is 6.31. The molecule has 6 rings (SSSR count). The van der Waals surface area contributed by atoms with Gasteiger partial charge in [0.2, 0.25) is 5.91 Å². The van der Waals surface area contributed by atoms with Gasteiger partial charge in [-0.2, -0.15) is 13.2 Å². The molecule has 1 aromatic heterocycles. The van der Waals surface area contributed by atoms with Gasteiger partial charge in [-0.05, 0) is 35.9 Å². The standard InChI is InChI=1S/C24H17F3N2O4/c25-24(26,27)14-5-3-9-28-16(14)12-29-17-6-2-1-4-15(17)23(22(29)30)13-33-18-7-8-19-21(20(18)23)32-11-10-31-19/h1-9H,10-13H2. The molecule has 9 heteroatoms. The molecule has 0 aliphatic carbocycles. The van der Waals surface area contributed by atoms with Crippen LogP contribution < -0.4 is 19.1 Å². The number of para-hydroxylation sites is 1. The summed E-state index contributed by atoms with van der Waals surface area (Å²) in [6.45, 7) is 0.399. The molecule has 168 valence electrons. The lowest BCUT2D eigenvalue weighted by Crippen LogP contribution is -2.43. The van der Waals surface area contributed by atoms with Gasteiger partial charge in [-0.15, -0.1) is 0 Å². The zero-order valence-electron chi connectivity index (χ0n) is 17.2. The highest BCUT2D eigenvalue weighted by Crippen LogP contribution is 2.57. The molecule has 0 saturated heterocycles. The van der Waals surface area contributed by atoms with Crippen molar-refractivity contribution in [3.63, 3.8) is 0 Å². The smallest absolute Gasteiger partial charge is 0.418 e. The molecule has 0 N–H and O–H groups in total. The van der Waals surface area contributed by atoms with Gasteiger partial charge in [-0.25, -0.2) is 0 Å². The first kappa shape index (κ1) is 19.9. The molecular weight excluding hydrogens is 437 g/mol. The van der Waals surface area contributed by atoms with Gasteiger partial charge in [0, 0.05) is 11.9 Å². The van der Waals surface area contributed by atoms with Crippen LogP contribution in [0.25, 0.3) is 0 Å². The van der Waals surface area contributed by atoms with Crippen molar-refractivity contribution >= 4 is 11.6 Å². The topological polar surface area (TPSA) is 60.9 Å². The lowest BCUT2D eigenvalue weighted by atomic mass is 9.76. The van der Waals surface area contributed by atoms with Crippen LogP contribution >= 0.6 is 0 Å². The largest absolute Gasteiger partial charge is 0.491 e. The van der Waals surface area contributed by atoms with E-state index in [4.69, 9.17) is 14.2 Å². The van der Waals surface area contributed by atoms with Crippen molar-refractivity contribution in [3.8, 4) is 17.2 Å². The summed E-state index contributed by atoms with van der Waals surface area (Å²) in [5, 5.41) is 0. The fourth-order valence-electron chi connectivity index (χ4n) is 4.92. The fourth-order valence-corrected chi connectivity index (χ4v) is 4.92. The van der Waals surface area contributed by atoms with Crippen LogP contribution in [0.15, 0.2) is 54.7 Å². The van der Waals surface area contributed by atoms with Crippen LogP contribution in [0.3, 0.4) is 0 Å². The summed E-state index contributed by atoms with van der Waals surface area (Å²) in [6.07, 6.45) is -3.29. The maximum absolute atomic E-state index is 14.0. The average molecular weight is 454 g/mol. The predicted molar refractivity (Wildman–Crippen MR) is 111 cm³/mol. The number of ether oxygens (including phenoxy) is 3. The number of carbonyl (C=O) groups excluding carboxylic acids is 1. The second kappa shape index (κ2) is 6.87. The van der Waals surface area contributed by atoms with Crippen molar-refractivity contribution < 1.29 is 32.2 Å². The van der Waals surface area contributed by atoms with Crippen molar-refractivity contribution in [3.05, 3.63) is 77.1 Å². The molecule has 3 aliphatic rings. The Balaban J connectivity index is 1.51. The SMILES string of the molecule is O=C1N(Cc2ncccc2C(F)(F)F)c2ccccc2C12COc1ccc3c(c12)OCCO3. The summed E-state index contributed by atoms with van der Waals surface area (Å²) in [4.78, 5) is 19.4. The lowest BCUT2D eigenvalue weighted by molar-refractivity contribution is -0.138. The third kappa shape index (κ3) is 2.74. The first-order valence-electron chi connectivity index (χ1n) is 10.4. The van der Waals surface area contributed by atoms with Crippen molar-refractivity contribution in [1.82, 2.24) is 4.98 Å². The van der Waals surface area contributed by atoms with Crippen LogP contribution in [-0.4, -0.2) is 30.7 Å². The molecule has 0 radical (unpaired) electrons. The summed E-state index contributed by atoms with van der Waals surface area (Å²) in [7, 11) is 0. The van der Waals surface area contributed by atoms with E-state index < -0.39 is 17.2 Å². The van der Waals surface area contributed by atoms with E-state index in [0.29, 0.717) is 47.3 Å². The van der Waals surface area contributed by atoms with Crippen LogP contribution in [-0.2, 0) is 22.9 Å². The maximum atomic E-state index is 14.0. The summed E-state index contributed by atoms with van der Waals surface area (Å²) >= 11 is 0. The zero-order valence-corrected chi connectivity index (χ0v) is 17.2. The van der Waals surface area contributed by atoms with Crippen molar-refractivity contribution in [2.24, 2.45) is 0 Å². The van der Waals surface area contributed by atoms with Crippen LogP contribution in [0.2, 0.25) is 0 Å².